The van der Waals surface area contributed by atoms with Crippen LogP contribution in [0.1, 0.15) is 12.5 Å². The van der Waals surface area contributed by atoms with Crippen LogP contribution in [-0.4, -0.2) is 5.11 Å². The Morgan fingerprint density at radius 3 is 2.50 bits per heavy atom. The van der Waals surface area contributed by atoms with Crippen molar-refractivity contribution in [1.82, 2.24) is 0 Å². The molecule has 1 aromatic carbocycles. The number of aromatic hydroxyl groups is 1. The van der Waals surface area contributed by atoms with Crippen molar-refractivity contribution < 1.29 is 5.11 Å². The summed E-state index contributed by atoms with van der Waals surface area (Å²) in [7, 11) is 0. The minimum atomic E-state index is 0.212. The van der Waals surface area contributed by atoms with E-state index in [1.54, 1.807) is 37.3 Å². The van der Waals surface area contributed by atoms with Crippen LogP contribution in [0.25, 0.3) is 6.08 Å². The van der Waals surface area contributed by atoms with E-state index in [2.05, 4.69) is 5.18 Å². The first-order chi connectivity index (χ1) is 5.72. The molecule has 0 aliphatic heterocycles. The molecule has 0 fully saturated rings. The molecular formula is C9H9NO2. The first-order valence-corrected chi connectivity index (χ1v) is 3.53. The molecule has 0 spiro atoms. The zero-order chi connectivity index (χ0) is 8.97. The molecule has 0 saturated heterocycles. The number of phenolic OH excluding ortho intramolecular Hbond substituents is 1. The van der Waals surface area contributed by atoms with Gasteiger partial charge in [0.05, 0.1) is 5.70 Å². The van der Waals surface area contributed by atoms with Gasteiger partial charge in [0.15, 0.2) is 0 Å². The number of nitrogens with zero attached hydrogens (tertiary/aromatic N) is 1. The van der Waals surface area contributed by atoms with Gasteiger partial charge < -0.3 is 5.11 Å². The lowest BCUT2D eigenvalue weighted by atomic mass is 10.2. The van der Waals surface area contributed by atoms with Gasteiger partial charge in [0.25, 0.3) is 0 Å². The Morgan fingerprint density at radius 1 is 1.42 bits per heavy atom. The second-order valence-electron chi connectivity index (χ2n) is 2.47. The van der Waals surface area contributed by atoms with E-state index in [1.165, 1.54) is 0 Å². The van der Waals surface area contributed by atoms with Crippen LogP contribution in [0.4, 0.5) is 0 Å². The van der Waals surface area contributed by atoms with Crippen LogP contribution in [0.15, 0.2) is 35.1 Å². The number of hydrogen-bond acceptors (Lipinski definition) is 3. The van der Waals surface area contributed by atoms with Crippen LogP contribution in [0.5, 0.6) is 5.75 Å². The predicted molar refractivity (Wildman–Crippen MR) is 47.6 cm³/mol. The van der Waals surface area contributed by atoms with Crippen molar-refractivity contribution in [1.29, 1.82) is 0 Å². The number of hydrogen-bond donors (Lipinski definition) is 1. The highest BCUT2D eigenvalue weighted by molar-refractivity contribution is 5.52. The zero-order valence-electron chi connectivity index (χ0n) is 6.69. The topological polar surface area (TPSA) is 49.7 Å². The number of benzene rings is 1. The van der Waals surface area contributed by atoms with Crippen LogP contribution in [0.3, 0.4) is 0 Å². The van der Waals surface area contributed by atoms with E-state index in [1.807, 2.05) is 0 Å². The highest BCUT2D eigenvalue weighted by Gasteiger charge is 1.90. The molecule has 0 heterocycles. The highest BCUT2D eigenvalue weighted by Crippen LogP contribution is 2.12. The van der Waals surface area contributed by atoms with E-state index in [4.69, 9.17) is 5.11 Å². The van der Waals surface area contributed by atoms with Crippen LogP contribution >= 0.6 is 0 Å². The fraction of sp³-hybridized carbons (Fsp3) is 0.111. The average molecular weight is 163 g/mol. The molecule has 62 valence electrons. The van der Waals surface area contributed by atoms with Crippen molar-refractivity contribution in [3.63, 3.8) is 0 Å². The molecule has 1 rings (SSSR count). The molecule has 3 nitrogen and oxygen atoms in total. The Kier molecular flexibility index (Phi) is 2.58. The Balaban J connectivity index is 2.91. The summed E-state index contributed by atoms with van der Waals surface area (Å²) in [6, 6.07) is 6.54. The fourth-order valence-electron chi connectivity index (χ4n) is 0.838. The minimum absolute atomic E-state index is 0.212. The molecule has 3 heteroatoms. The number of nitroso groups, excluding NO2 is 1. The van der Waals surface area contributed by atoms with Crippen LogP contribution in [-0.2, 0) is 0 Å². The first-order valence-electron chi connectivity index (χ1n) is 3.53. The summed E-state index contributed by atoms with van der Waals surface area (Å²) >= 11 is 0. The molecule has 0 saturated carbocycles. The highest BCUT2D eigenvalue weighted by atomic mass is 16.3. The molecule has 0 aliphatic carbocycles. The van der Waals surface area contributed by atoms with Crippen molar-refractivity contribution in [2.75, 3.05) is 0 Å². The van der Waals surface area contributed by atoms with E-state index in [0.717, 1.165) is 5.56 Å². The van der Waals surface area contributed by atoms with Gasteiger partial charge in [0.1, 0.15) is 5.75 Å². The Morgan fingerprint density at radius 2 is 2.00 bits per heavy atom. The van der Waals surface area contributed by atoms with Gasteiger partial charge in [0, 0.05) is 0 Å². The summed E-state index contributed by atoms with van der Waals surface area (Å²) in [5.41, 5.74) is 1.27. The maximum Gasteiger partial charge on any atom is 0.115 e. The third-order valence-corrected chi connectivity index (χ3v) is 1.41. The summed E-state index contributed by atoms with van der Waals surface area (Å²) < 4.78 is 0. The number of phenols is 1. The second-order valence-corrected chi connectivity index (χ2v) is 2.47. The lowest BCUT2D eigenvalue weighted by Gasteiger charge is -1.93. The van der Waals surface area contributed by atoms with Crippen molar-refractivity contribution >= 4 is 6.08 Å². The van der Waals surface area contributed by atoms with Crippen molar-refractivity contribution in [2.24, 2.45) is 5.18 Å². The van der Waals surface area contributed by atoms with E-state index < -0.39 is 0 Å². The predicted octanol–water partition coefficient (Wildman–Crippen LogP) is 2.52. The third kappa shape index (κ3) is 2.20. The number of allylic oxidation sites excluding steroid dienone is 1. The lowest BCUT2D eigenvalue weighted by Crippen LogP contribution is -1.72. The molecule has 0 atom stereocenters. The zero-order valence-corrected chi connectivity index (χ0v) is 6.69. The van der Waals surface area contributed by atoms with Crippen LogP contribution in [0.2, 0.25) is 0 Å². The van der Waals surface area contributed by atoms with Crippen molar-refractivity contribution in [3.05, 3.63) is 40.4 Å². The van der Waals surface area contributed by atoms with Gasteiger partial charge in [-0.05, 0) is 35.9 Å². The van der Waals surface area contributed by atoms with Gasteiger partial charge in [-0.3, -0.25) is 0 Å². The largest absolute Gasteiger partial charge is 0.508 e. The summed E-state index contributed by atoms with van der Waals surface area (Å²) in [6.07, 6.45) is 1.65. The van der Waals surface area contributed by atoms with Gasteiger partial charge in [-0.25, -0.2) is 0 Å². The third-order valence-electron chi connectivity index (χ3n) is 1.41. The Bertz CT molecular complexity index is 301. The molecule has 0 radical (unpaired) electrons. The summed E-state index contributed by atoms with van der Waals surface area (Å²) in [5.74, 6) is 0.212. The SMILES string of the molecule is CC(=Cc1ccc(O)cc1)N=O. The summed E-state index contributed by atoms with van der Waals surface area (Å²) in [5, 5.41) is 11.7. The minimum Gasteiger partial charge on any atom is -0.508 e. The van der Waals surface area contributed by atoms with Gasteiger partial charge in [-0.15, -0.1) is 4.91 Å². The van der Waals surface area contributed by atoms with Crippen molar-refractivity contribution in [2.45, 2.75) is 6.92 Å². The molecule has 1 aromatic rings. The molecule has 0 aliphatic rings. The standard InChI is InChI=1S/C9H9NO2/c1-7(10-12)6-8-2-4-9(11)5-3-8/h2-6,11H,1H3. The monoisotopic (exact) mass is 163 g/mol. The summed E-state index contributed by atoms with van der Waals surface area (Å²) in [4.78, 5) is 10.0. The quantitative estimate of drug-likeness (QED) is 0.681. The van der Waals surface area contributed by atoms with Gasteiger partial charge >= 0.3 is 0 Å². The normalized spacial score (nSPS) is 11.2. The van der Waals surface area contributed by atoms with Gasteiger partial charge in [0.2, 0.25) is 0 Å². The molecule has 0 bridgehead atoms. The maximum absolute atomic E-state index is 10.0. The van der Waals surface area contributed by atoms with E-state index in [0.29, 0.717) is 5.70 Å². The van der Waals surface area contributed by atoms with Crippen molar-refractivity contribution in [3.8, 4) is 5.75 Å². The molecule has 0 aromatic heterocycles. The molecule has 0 unspecified atom stereocenters. The van der Waals surface area contributed by atoms with E-state index in [9.17, 15) is 4.91 Å². The average Bonchev–Trinajstić information content (AvgIpc) is 2.09. The lowest BCUT2D eigenvalue weighted by molar-refractivity contribution is 0.475. The number of rotatable bonds is 2. The first kappa shape index (κ1) is 8.46. The molecular weight excluding hydrogens is 154 g/mol. The van der Waals surface area contributed by atoms with Crippen LogP contribution in [0, 0.1) is 4.91 Å². The fourth-order valence-corrected chi connectivity index (χ4v) is 0.838. The van der Waals surface area contributed by atoms with E-state index in [-0.39, 0.29) is 5.75 Å². The van der Waals surface area contributed by atoms with Gasteiger partial charge in [-0.2, -0.15) is 0 Å². The Labute approximate surface area is 70.3 Å². The Hall–Kier alpha value is -1.64. The molecule has 1 N–H and O–H groups in total. The van der Waals surface area contributed by atoms with Crippen LogP contribution < -0.4 is 0 Å². The molecule has 12 heavy (non-hydrogen) atoms. The second kappa shape index (κ2) is 3.67. The smallest absolute Gasteiger partial charge is 0.115 e. The molecule has 0 amide bonds. The maximum atomic E-state index is 10.0. The van der Waals surface area contributed by atoms with Gasteiger partial charge in [-0.1, -0.05) is 12.1 Å². The van der Waals surface area contributed by atoms with E-state index >= 15 is 0 Å². The summed E-state index contributed by atoms with van der Waals surface area (Å²) in [6.45, 7) is 1.62.